The topological polar surface area (TPSA) is 61.4 Å². The van der Waals surface area contributed by atoms with Crippen LogP contribution in [-0.2, 0) is 4.79 Å². The van der Waals surface area contributed by atoms with Crippen molar-refractivity contribution in [2.75, 3.05) is 48.4 Å². The van der Waals surface area contributed by atoms with E-state index in [4.69, 9.17) is 0 Å². The van der Waals surface area contributed by atoms with Crippen LogP contribution in [0.2, 0.25) is 0 Å². The predicted octanol–water partition coefficient (Wildman–Crippen LogP) is 1.31. The zero-order valence-electron chi connectivity index (χ0n) is 12.9. The van der Waals surface area contributed by atoms with Gasteiger partial charge >= 0.3 is 0 Å². The minimum atomic E-state index is -0.297. The third-order valence-electron chi connectivity index (χ3n) is 3.57. The van der Waals surface area contributed by atoms with E-state index in [0.29, 0.717) is 12.4 Å². The molecular weight excluding hydrogens is 286 g/mol. The lowest BCUT2D eigenvalue weighted by Crippen LogP contribution is -2.39. The normalized spacial score (nSPS) is 16.4. The summed E-state index contributed by atoms with van der Waals surface area (Å²) in [7, 11) is 1.80. The second-order valence-electron chi connectivity index (χ2n) is 5.08. The van der Waals surface area contributed by atoms with Gasteiger partial charge in [-0.05, 0) is 13.8 Å². The first-order valence-electron chi connectivity index (χ1n) is 7.28. The Morgan fingerprint density at radius 1 is 1.48 bits per heavy atom. The van der Waals surface area contributed by atoms with Gasteiger partial charge < -0.3 is 15.1 Å². The molecular formula is C14H23N5OS. The summed E-state index contributed by atoms with van der Waals surface area (Å²) in [5, 5.41) is 3.16. The number of carbonyl (C=O) groups excluding carboxylic acids is 1. The maximum absolute atomic E-state index is 12.1. The van der Waals surface area contributed by atoms with Crippen LogP contribution in [0.25, 0.3) is 0 Å². The van der Waals surface area contributed by atoms with Crippen LogP contribution in [0, 0.1) is 0 Å². The second-order valence-corrected chi connectivity index (χ2v) is 6.30. The number of anilines is 2. The van der Waals surface area contributed by atoms with Gasteiger partial charge in [0.1, 0.15) is 24.0 Å². The summed E-state index contributed by atoms with van der Waals surface area (Å²) in [5.74, 6) is 3.94. The minimum absolute atomic E-state index is 0.0621. The zero-order chi connectivity index (χ0) is 15.2. The Morgan fingerprint density at radius 3 is 2.86 bits per heavy atom. The average molecular weight is 309 g/mol. The highest BCUT2D eigenvalue weighted by molar-refractivity contribution is 7.99. The van der Waals surface area contributed by atoms with Gasteiger partial charge in [-0.2, -0.15) is 11.8 Å². The molecule has 1 unspecified atom stereocenters. The van der Waals surface area contributed by atoms with Crippen molar-refractivity contribution in [3.05, 3.63) is 12.4 Å². The number of rotatable bonds is 5. The molecule has 21 heavy (non-hydrogen) atoms. The lowest BCUT2D eigenvalue weighted by Gasteiger charge is -2.27. The predicted molar refractivity (Wildman–Crippen MR) is 88.0 cm³/mol. The Hall–Kier alpha value is -1.50. The van der Waals surface area contributed by atoms with E-state index in [1.165, 1.54) is 0 Å². The van der Waals surface area contributed by atoms with Gasteiger partial charge in [0, 0.05) is 44.3 Å². The van der Waals surface area contributed by atoms with Crippen LogP contribution in [0.15, 0.2) is 12.4 Å². The highest BCUT2D eigenvalue weighted by Gasteiger charge is 2.18. The molecule has 1 aliphatic heterocycles. The Balaban J connectivity index is 2.02. The van der Waals surface area contributed by atoms with Crippen LogP contribution >= 0.6 is 11.8 Å². The van der Waals surface area contributed by atoms with Crippen molar-refractivity contribution in [1.82, 2.24) is 14.9 Å². The first-order chi connectivity index (χ1) is 10.1. The third kappa shape index (κ3) is 4.23. The highest BCUT2D eigenvalue weighted by Crippen LogP contribution is 2.19. The molecule has 1 fully saturated rings. The summed E-state index contributed by atoms with van der Waals surface area (Å²) in [4.78, 5) is 24.6. The summed E-state index contributed by atoms with van der Waals surface area (Å²) in [6.07, 6.45) is 1.56. The average Bonchev–Trinajstić information content (AvgIpc) is 2.54. The number of thioether (sulfide) groups is 1. The molecule has 1 aromatic rings. The Bertz CT molecular complexity index is 478. The fourth-order valence-electron chi connectivity index (χ4n) is 2.16. The van der Waals surface area contributed by atoms with E-state index in [1.807, 2.05) is 31.7 Å². The summed E-state index contributed by atoms with van der Waals surface area (Å²) < 4.78 is 0. The smallest absolute Gasteiger partial charge is 0.244 e. The molecule has 2 heterocycles. The van der Waals surface area contributed by atoms with Crippen molar-refractivity contribution < 1.29 is 4.79 Å². The van der Waals surface area contributed by atoms with E-state index < -0.39 is 0 Å². The lowest BCUT2D eigenvalue weighted by atomic mass is 10.3. The lowest BCUT2D eigenvalue weighted by molar-refractivity contribution is -0.130. The van der Waals surface area contributed by atoms with E-state index in [1.54, 1.807) is 18.3 Å². The largest absolute Gasteiger partial charge is 0.358 e. The molecule has 1 amide bonds. The molecule has 0 aliphatic carbocycles. The van der Waals surface area contributed by atoms with Gasteiger partial charge in [0.15, 0.2) is 0 Å². The fourth-order valence-corrected chi connectivity index (χ4v) is 3.06. The molecule has 0 saturated carbocycles. The van der Waals surface area contributed by atoms with Crippen molar-refractivity contribution in [2.45, 2.75) is 19.9 Å². The summed E-state index contributed by atoms with van der Waals surface area (Å²) in [6.45, 7) is 6.53. The molecule has 2 rings (SSSR count). The van der Waals surface area contributed by atoms with Crippen molar-refractivity contribution in [2.24, 2.45) is 0 Å². The van der Waals surface area contributed by atoms with Gasteiger partial charge in [0.25, 0.3) is 0 Å². The Labute approximate surface area is 130 Å². The maximum Gasteiger partial charge on any atom is 0.244 e. The standard InChI is InChI=1S/C14H23N5OS/c1-4-18(3)14(20)11(2)17-12-9-13(16-10-15-12)19-5-7-21-8-6-19/h9-11H,4-8H2,1-3H3,(H,15,16,17). The van der Waals surface area contributed by atoms with Gasteiger partial charge in [-0.3, -0.25) is 4.79 Å². The van der Waals surface area contributed by atoms with Gasteiger partial charge in [0.05, 0.1) is 0 Å². The Morgan fingerprint density at radius 2 is 2.19 bits per heavy atom. The molecule has 6 nitrogen and oxygen atoms in total. The van der Waals surface area contributed by atoms with Crippen LogP contribution in [0.5, 0.6) is 0 Å². The molecule has 1 N–H and O–H groups in total. The van der Waals surface area contributed by atoms with Gasteiger partial charge in [0.2, 0.25) is 5.91 Å². The first-order valence-corrected chi connectivity index (χ1v) is 8.43. The van der Waals surface area contributed by atoms with Crippen molar-refractivity contribution in [3.8, 4) is 0 Å². The van der Waals surface area contributed by atoms with Crippen molar-refractivity contribution in [3.63, 3.8) is 0 Å². The molecule has 7 heteroatoms. The number of nitrogens with zero attached hydrogens (tertiary/aromatic N) is 4. The van der Waals surface area contributed by atoms with Crippen LogP contribution in [0.4, 0.5) is 11.6 Å². The monoisotopic (exact) mass is 309 g/mol. The van der Waals surface area contributed by atoms with E-state index in [0.717, 1.165) is 30.4 Å². The van der Waals surface area contributed by atoms with Crippen molar-refractivity contribution in [1.29, 1.82) is 0 Å². The number of hydrogen-bond donors (Lipinski definition) is 1. The van der Waals surface area contributed by atoms with E-state index in [9.17, 15) is 4.79 Å². The van der Waals surface area contributed by atoms with Gasteiger partial charge in [-0.25, -0.2) is 9.97 Å². The van der Waals surface area contributed by atoms with Gasteiger partial charge in [-0.15, -0.1) is 0 Å². The molecule has 0 radical (unpaired) electrons. The first kappa shape index (κ1) is 15.9. The molecule has 0 spiro atoms. The fraction of sp³-hybridized carbons (Fsp3) is 0.643. The molecule has 0 bridgehead atoms. The van der Waals surface area contributed by atoms with Crippen LogP contribution in [-0.4, -0.2) is 65.0 Å². The molecule has 1 aromatic heterocycles. The van der Waals surface area contributed by atoms with Crippen molar-refractivity contribution >= 4 is 29.3 Å². The molecule has 116 valence electrons. The van der Waals surface area contributed by atoms with Gasteiger partial charge in [-0.1, -0.05) is 0 Å². The number of hydrogen-bond acceptors (Lipinski definition) is 6. The van der Waals surface area contributed by atoms with Crippen LogP contribution in [0.3, 0.4) is 0 Å². The minimum Gasteiger partial charge on any atom is -0.358 e. The second kappa shape index (κ2) is 7.49. The SMILES string of the molecule is CCN(C)C(=O)C(C)Nc1cc(N2CCSCC2)ncn1. The quantitative estimate of drug-likeness (QED) is 0.885. The molecule has 1 saturated heterocycles. The number of carbonyl (C=O) groups is 1. The molecule has 1 atom stereocenters. The highest BCUT2D eigenvalue weighted by atomic mass is 32.2. The summed E-state index contributed by atoms with van der Waals surface area (Å²) in [5.41, 5.74) is 0. The van der Waals surface area contributed by atoms with Crippen LogP contribution in [0.1, 0.15) is 13.8 Å². The summed E-state index contributed by atoms with van der Waals surface area (Å²) >= 11 is 1.97. The zero-order valence-corrected chi connectivity index (χ0v) is 13.7. The number of amides is 1. The Kier molecular flexibility index (Phi) is 5.67. The number of aromatic nitrogens is 2. The summed E-state index contributed by atoms with van der Waals surface area (Å²) in [6, 6.07) is 1.63. The third-order valence-corrected chi connectivity index (χ3v) is 4.52. The number of likely N-dealkylation sites (N-methyl/N-ethyl adjacent to an activating group) is 1. The maximum atomic E-state index is 12.1. The van der Waals surface area contributed by atoms with Crippen LogP contribution < -0.4 is 10.2 Å². The molecule has 1 aliphatic rings. The number of nitrogens with one attached hydrogen (secondary N) is 1. The molecule has 0 aromatic carbocycles. The van der Waals surface area contributed by atoms with E-state index >= 15 is 0 Å². The van der Waals surface area contributed by atoms with E-state index in [2.05, 4.69) is 20.2 Å². The van der Waals surface area contributed by atoms with E-state index in [-0.39, 0.29) is 11.9 Å².